The molecule has 0 fully saturated rings. The highest BCUT2D eigenvalue weighted by atomic mass is 15.1. The van der Waals surface area contributed by atoms with Gasteiger partial charge in [0.25, 0.3) is 0 Å². The summed E-state index contributed by atoms with van der Waals surface area (Å²) in [5, 5.41) is 0. The Morgan fingerprint density at radius 1 is 1.58 bits per heavy atom. The number of hydrogen-bond donors (Lipinski definition) is 1. The summed E-state index contributed by atoms with van der Waals surface area (Å²) >= 11 is 0. The highest BCUT2D eigenvalue weighted by molar-refractivity contribution is 5.28. The molecule has 2 N–H and O–H groups in total. The van der Waals surface area contributed by atoms with Crippen LogP contribution in [0.2, 0.25) is 0 Å². The summed E-state index contributed by atoms with van der Waals surface area (Å²) in [5.74, 6) is 0. The summed E-state index contributed by atoms with van der Waals surface area (Å²) in [7, 11) is 2.08. The van der Waals surface area contributed by atoms with Gasteiger partial charge in [-0.15, -0.1) is 0 Å². The number of hydrogen-bond acceptors (Lipinski definition) is 2. The van der Waals surface area contributed by atoms with Crippen LogP contribution in [-0.2, 0) is 0 Å². The Labute approximate surface area is 74.0 Å². The summed E-state index contributed by atoms with van der Waals surface area (Å²) in [6.45, 7) is 5.60. The van der Waals surface area contributed by atoms with Crippen molar-refractivity contribution in [1.82, 2.24) is 4.90 Å². The fourth-order valence-corrected chi connectivity index (χ4v) is 1.32. The SMILES string of the molecule is C=C/C=C\C1=C(N)CN(C)CC1. The normalized spacial score (nSPS) is 20.4. The van der Waals surface area contributed by atoms with Crippen molar-refractivity contribution in [3.8, 4) is 0 Å². The maximum Gasteiger partial charge on any atom is 0.0379 e. The topological polar surface area (TPSA) is 29.3 Å². The van der Waals surface area contributed by atoms with Crippen LogP contribution in [0.4, 0.5) is 0 Å². The molecule has 2 heteroatoms. The zero-order valence-corrected chi connectivity index (χ0v) is 7.59. The molecular weight excluding hydrogens is 148 g/mol. The first-order valence-electron chi connectivity index (χ1n) is 4.19. The summed E-state index contributed by atoms with van der Waals surface area (Å²) in [6, 6.07) is 0. The van der Waals surface area contributed by atoms with Crippen LogP contribution in [0.5, 0.6) is 0 Å². The number of nitrogens with zero attached hydrogens (tertiary/aromatic N) is 1. The minimum Gasteiger partial charge on any atom is -0.401 e. The zero-order chi connectivity index (χ0) is 8.97. The molecule has 0 atom stereocenters. The van der Waals surface area contributed by atoms with E-state index in [0.717, 1.165) is 25.2 Å². The lowest BCUT2D eigenvalue weighted by molar-refractivity contribution is 0.348. The minimum absolute atomic E-state index is 0.886. The van der Waals surface area contributed by atoms with Crippen LogP contribution in [0.15, 0.2) is 36.1 Å². The first-order valence-corrected chi connectivity index (χ1v) is 4.19. The van der Waals surface area contributed by atoms with Gasteiger partial charge in [-0.3, -0.25) is 0 Å². The van der Waals surface area contributed by atoms with E-state index in [2.05, 4.69) is 24.6 Å². The van der Waals surface area contributed by atoms with Crippen molar-refractivity contribution in [3.05, 3.63) is 36.1 Å². The Kier molecular flexibility index (Phi) is 3.11. The minimum atomic E-state index is 0.886. The van der Waals surface area contributed by atoms with E-state index < -0.39 is 0 Å². The second-order valence-electron chi connectivity index (χ2n) is 3.13. The third-order valence-corrected chi connectivity index (χ3v) is 2.05. The second kappa shape index (κ2) is 4.12. The van der Waals surface area contributed by atoms with Crippen LogP contribution >= 0.6 is 0 Å². The highest BCUT2D eigenvalue weighted by Gasteiger charge is 2.10. The fraction of sp³-hybridized carbons (Fsp3) is 0.400. The molecule has 0 radical (unpaired) electrons. The molecule has 0 saturated heterocycles. The molecule has 0 amide bonds. The molecule has 1 aliphatic rings. The molecule has 0 bridgehead atoms. The van der Waals surface area contributed by atoms with Crippen molar-refractivity contribution in [1.29, 1.82) is 0 Å². The molecule has 1 rings (SSSR count). The van der Waals surface area contributed by atoms with Crippen molar-refractivity contribution in [2.24, 2.45) is 5.73 Å². The maximum atomic E-state index is 5.86. The summed E-state index contributed by atoms with van der Waals surface area (Å²) in [4.78, 5) is 2.22. The van der Waals surface area contributed by atoms with E-state index >= 15 is 0 Å². The van der Waals surface area contributed by atoms with Gasteiger partial charge in [0.15, 0.2) is 0 Å². The van der Waals surface area contributed by atoms with Gasteiger partial charge >= 0.3 is 0 Å². The molecule has 0 aromatic carbocycles. The van der Waals surface area contributed by atoms with Gasteiger partial charge in [0.05, 0.1) is 0 Å². The lowest BCUT2D eigenvalue weighted by Gasteiger charge is -2.24. The van der Waals surface area contributed by atoms with Crippen molar-refractivity contribution < 1.29 is 0 Å². The van der Waals surface area contributed by atoms with Gasteiger partial charge in [-0.25, -0.2) is 0 Å². The fourth-order valence-electron chi connectivity index (χ4n) is 1.32. The summed E-state index contributed by atoms with van der Waals surface area (Å²) in [6.07, 6.45) is 6.81. The molecule has 2 nitrogen and oxygen atoms in total. The predicted octanol–water partition coefficient (Wildman–Crippen LogP) is 1.28. The van der Waals surface area contributed by atoms with E-state index in [9.17, 15) is 0 Å². The molecule has 0 spiro atoms. The zero-order valence-electron chi connectivity index (χ0n) is 7.59. The monoisotopic (exact) mass is 164 g/mol. The molecule has 0 saturated carbocycles. The number of rotatable bonds is 2. The first-order chi connectivity index (χ1) is 5.74. The third kappa shape index (κ3) is 2.24. The van der Waals surface area contributed by atoms with Crippen molar-refractivity contribution in [3.63, 3.8) is 0 Å². The Hall–Kier alpha value is -1.02. The van der Waals surface area contributed by atoms with Crippen molar-refractivity contribution in [2.75, 3.05) is 20.1 Å². The first kappa shape index (κ1) is 9.07. The van der Waals surface area contributed by atoms with E-state index in [4.69, 9.17) is 5.73 Å². The van der Waals surface area contributed by atoms with E-state index in [1.54, 1.807) is 6.08 Å². The smallest absolute Gasteiger partial charge is 0.0379 e. The van der Waals surface area contributed by atoms with E-state index in [1.807, 2.05) is 6.08 Å². The molecular formula is C10H16N2. The molecule has 66 valence electrons. The average Bonchev–Trinajstić information content (AvgIpc) is 2.03. The number of allylic oxidation sites excluding steroid dienone is 3. The standard InChI is InChI=1S/C10H16N2/c1-3-4-5-9-6-7-12(2)8-10(9)11/h3-5H,1,6-8,11H2,2H3/b5-4-. The van der Waals surface area contributed by atoms with Gasteiger partial charge in [0.2, 0.25) is 0 Å². The molecule has 0 aromatic heterocycles. The third-order valence-electron chi connectivity index (χ3n) is 2.05. The van der Waals surface area contributed by atoms with E-state index in [-0.39, 0.29) is 0 Å². The Morgan fingerprint density at radius 2 is 2.33 bits per heavy atom. The lowest BCUT2D eigenvalue weighted by Crippen LogP contribution is -2.30. The van der Waals surface area contributed by atoms with E-state index in [0.29, 0.717) is 0 Å². The predicted molar refractivity (Wildman–Crippen MR) is 52.7 cm³/mol. The quantitative estimate of drug-likeness (QED) is 0.623. The van der Waals surface area contributed by atoms with Gasteiger partial charge in [-0.05, 0) is 19.0 Å². The van der Waals surface area contributed by atoms with Crippen LogP contribution in [0.25, 0.3) is 0 Å². The molecule has 0 aliphatic carbocycles. The Balaban J connectivity index is 2.68. The van der Waals surface area contributed by atoms with Crippen LogP contribution in [0.3, 0.4) is 0 Å². The molecule has 1 aliphatic heterocycles. The average molecular weight is 164 g/mol. The van der Waals surface area contributed by atoms with Crippen molar-refractivity contribution >= 4 is 0 Å². The van der Waals surface area contributed by atoms with Crippen LogP contribution in [0.1, 0.15) is 6.42 Å². The number of likely N-dealkylation sites (N-methyl/N-ethyl adjacent to an activating group) is 1. The summed E-state index contributed by atoms with van der Waals surface area (Å²) < 4.78 is 0. The lowest BCUT2D eigenvalue weighted by atomic mass is 10.1. The van der Waals surface area contributed by atoms with E-state index in [1.165, 1.54) is 5.57 Å². The maximum absolute atomic E-state index is 5.86. The van der Waals surface area contributed by atoms with Gasteiger partial charge < -0.3 is 10.6 Å². The van der Waals surface area contributed by atoms with Gasteiger partial charge in [-0.2, -0.15) is 0 Å². The largest absolute Gasteiger partial charge is 0.401 e. The van der Waals surface area contributed by atoms with Crippen LogP contribution in [-0.4, -0.2) is 25.0 Å². The Bertz CT molecular complexity index is 226. The molecule has 12 heavy (non-hydrogen) atoms. The highest BCUT2D eigenvalue weighted by Crippen LogP contribution is 2.14. The molecule has 0 unspecified atom stereocenters. The van der Waals surface area contributed by atoms with Gasteiger partial charge in [0.1, 0.15) is 0 Å². The molecule has 0 aromatic rings. The molecule has 1 heterocycles. The van der Waals surface area contributed by atoms with Gasteiger partial charge in [-0.1, -0.05) is 24.8 Å². The number of nitrogens with two attached hydrogens (primary N) is 1. The second-order valence-corrected chi connectivity index (χ2v) is 3.13. The Morgan fingerprint density at radius 3 is 2.92 bits per heavy atom. The summed E-state index contributed by atoms with van der Waals surface area (Å²) in [5.41, 5.74) is 8.11. The van der Waals surface area contributed by atoms with Crippen molar-refractivity contribution in [2.45, 2.75) is 6.42 Å². The van der Waals surface area contributed by atoms with Crippen LogP contribution in [0, 0.1) is 0 Å². The van der Waals surface area contributed by atoms with Gasteiger partial charge in [0, 0.05) is 18.8 Å². The van der Waals surface area contributed by atoms with Crippen LogP contribution < -0.4 is 5.73 Å².